The molecular formula is C132H94N4. The number of hydrogen-bond donors (Lipinski definition) is 0. The van der Waals surface area contributed by atoms with Gasteiger partial charge >= 0.3 is 0 Å². The second-order valence-electron chi connectivity index (χ2n) is 37.4. The quantitative estimate of drug-likeness (QED) is 0.114. The SMILES string of the molecule is CC1(C)c2ccccc2-c2ccc(N3c4ccccc4-c4cccc5c(N(c6cc(-c7ccccc7)cc(-c7ccccc7)c6)c6ccc7c(c6)C(C)(C)c6ccccc6-7)ccc(c45)-c4ccccc43)cc21.c1ccc(-c2ccc(N(c3ccc(-c4ccccc4)cc3)c3ccc4c5c(cccc35)-c3ccccc3N(c3ccc(-c5ccc6ccccc6c5)cc3)c3ccccc3-4)cc2)cc1. The summed E-state index contributed by atoms with van der Waals surface area (Å²) in [7, 11) is 0. The van der Waals surface area contributed by atoms with Crippen LogP contribution in [-0.2, 0) is 10.8 Å². The van der Waals surface area contributed by atoms with E-state index in [2.05, 4.69) is 545 Å². The zero-order valence-electron chi connectivity index (χ0n) is 76.1. The molecule has 0 saturated heterocycles. The fraction of sp³-hybridized carbons (Fsp3) is 0.0455. The third kappa shape index (κ3) is 13.7. The molecule has 22 aromatic rings. The van der Waals surface area contributed by atoms with Crippen LogP contribution in [-0.4, -0.2) is 0 Å². The van der Waals surface area contributed by atoms with Crippen molar-refractivity contribution in [1.82, 2.24) is 0 Å². The standard InChI is InChI=1S/C70H52N2.C62H42N2/c1-69(2)61-30-15-11-24-52(61)54-36-34-49(43-63(54)69)71(51-41-47(45-20-7-5-8-21-45)40-48(42-51)46-22-9-6-10-23-46)67-39-38-59-57-27-14-18-33-66(57)72(65-32-17-13-26-56(65)58-28-19-29-60(67)68(58)59)50-35-37-55-53-25-12-16-31-62(53)70(3,4)64(55)44-50;1-3-14-43(15-4-1)46-28-34-51(35-29-46)63(52-36-30-47(31-37-52)44-16-5-2-6-17-44)61-41-40-57-55-21-10-12-25-60(55)64(59-24-11-9-20-54(59)56-22-13-23-58(61)62(56)57)53-38-32-48(33-39-53)50-27-26-45-18-7-8-19-49(45)42-50/h5-44H,1-4H3;1-42H. The highest BCUT2D eigenvalue weighted by molar-refractivity contribution is 6.19. The minimum absolute atomic E-state index is 0.134. The van der Waals surface area contributed by atoms with Crippen molar-refractivity contribution >= 4 is 101 Å². The molecule has 0 fully saturated rings. The molecule has 0 N–H and O–H groups in total. The highest BCUT2D eigenvalue weighted by atomic mass is 15.2. The van der Waals surface area contributed by atoms with Crippen LogP contribution in [0.2, 0.25) is 0 Å². The van der Waals surface area contributed by atoms with E-state index >= 15 is 0 Å². The molecule has 0 radical (unpaired) electrons. The van der Waals surface area contributed by atoms with Gasteiger partial charge in [-0.25, -0.2) is 0 Å². The van der Waals surface area contributed by atoms with Crippen molar-refractivity contribution in [2.45, 2.75) is 38.5 Å². The topological polar surface area (TPSA) is 13.0 Å². The summed E-state index contributed by atoms with van der Waals surface area (Å²) in [6.07, 6.45) is 0. The summed E-state index contributed by atoms with van der Waals surface area (Å²) in [5.74, 6) is 0. The number of nitrogens with zero attached hydrogens (tertiary/aromatic N) is 4. The second kappa shape index (κ2) is 33.0. The molecule has 0 atom stereocenters. The van der Waals surface area contributed by atoms with Crippen molar-refractivity contribution in [3.05, 3.63) is 520 Å². The van der Waals surface area contributed by atoms with Gasteiger partial charge < -0.3 is 19.6 Å². The monoisotopic (exact) mass is 1730 g/mol. The number of anilines is 12. The maximum absolute atomic E-state index is 2.54. The molecule has 2 aliphatic heterocycles. The van der Waals surface area contributed by atoms with E-state index in [1.54, 1.807) is 0 Å². The Morgan fingerprint density at radius 2 is 0.478 bits per heavy atom. The Morgan fingerprint density at radius 1 is 0.169 bits per heavy atom. The van der Waals surface area contributed by atoms with Crippen molar-refractivity contribution < 1.29 is 0 Å². The lowest BCUT2D eigenvalue weighted by Gasteiger charge is -2.34. The Morgan fingerprint density at radius 3 is 0.941 bits per heavy atom. The largest absolute Gasteiger partial charge is 0.310 e. The van der Waals surface area contributed by atoms with Crippen LogP contribution in [0.25, 0.3) is 155 Å². The molecule has 26 rings (SSSR count). The molecule has 0 bridgehead atoms. The Hall–Kier alpha value is -17.2. The molecule has 0 spiro atoms. The number of hydrogen-bond acceptors (Lipinski definition) is 4. The molecule has 642 valence electrons. The predicted octanol–water partition coefficient (Wildman–Crippen LogP) is 37.0. The van der Waals surface area contributed by atoms with Gasteiger partial charge in [-0.3, -0.25) is 0 Å². The van der Waals surface area contributed by atoms with Crippen molar-refractivity contribution in [1.29, 1.82) is 0 Å². The van der Waals surface area contributed by atoms with Crippen LogP contribution in [0.15, 0.2) is 497 Å². The van der Waals surface area contributed by atoms with E-state index in [4.69, 9.17) is 0 Å². The lowest BCUT2D eigenvalue weighted by molar-refractivity contribution is 0.660. The second-order valence-corrected chi connectivity index (χ2v) is 37.4. The molecule has 0 saturated carbocycles. The Kier molecular flexibility index (Phi) is 19.6. The van der Waals surface area contributed by atoms with Gasteiger partial charge in [0, 0.05) is 78.0 Å². The van der Waals surface area contributed by atoms with Crippen LogP contribution in [0.4, 0.5) is 68.2 Å². The zero-order chi connectivity index (χ0) is 90.7. The fourth-order valence-electron chi connectivity index (χ4n) is 22.4. The van der Waals surface area contributed by atoms with E-state index in [0.29, 0.717) is 0 Å². The Labute approximate surface area is 795 Å². The molecule has 0 aromatic heterocycles. The van der Waals surface area contributed by atoms with Crippen LogP contribution in [0.5, 0.6) is 0 Å². The van der Waals surface area contributed by atoms with Crippen LogP contribution in [0, 0.1) is 0 Å². The molecule has 2 heterocycles. The smallest absolute Gasteiger partial charge is 0.0540 e. The molecule has 4 nitrogen and oxygen atoms in total. The van der Waals surface area contributed by atoms with Gasteiger partial charge in [-0.05, 0) is 265 Å². The summed E-state index contributed by atoms with van der Waals surface area (Å²) < 4.78 is 0. The van der Waals surface area contributed by atoms with E-state index < -0.39 is 0 Å². The van der Waals surface area contributed by atoms with E-state index in [9.17, 15) is 0 Å². The van der Waals surface area contributed by atoms with Gasteiger partial charge in [0.15, 0.2) is 0 Å². The maximum Gasteiger partial charge on any atom is 0.0540 e. The average Bonchev–Trinajstić information content (AvgIpc) is 1.39. The van der Waals surface area contributed by atoms with Gasteiger partial charge in [0.1, 0.15) is 0 Å². The lowest BCUT2D eigenvalue weighted by atomic mass is 9.82. The first-order valence-corrected chi connectivity index (χ1v) is 47.3. The van der Waals surface area contributed by atoms with Gasteiger partial charge in [-0.15, -0.1) is 0 Å². The van der Waals surface area contributed by atoms with Crippen molar-refractivity contribution in [3.63, 3.8) is 0 Å². The summed E-state index contributed by atoms with van der Waals surface area (Å²) >= 11 is 0. The molecule has 136 heavy (non-hydrogen) atoms. The fourth-order valence-corrected chi connectivity index (χ4v) is 22.4. The van der Waals surface area contributed by atoms with Gasteiger partial charge in [-0.2, -0.15) is 0 Å². The highest BCUT2D eigenvalue weighted by Gasteiger charge is 2.39. The van der Waals surface area contributed by atoms with Crippen molar-refractivity contribution in [2.24, 2.45) is 0 Å². The minimum atomic E-state index is -0.178. The summed E-state index contributed by atoms with van der Waals surface area (Å²) in [6.45, 7) is 9.51. The molecule has 22 aromatic carbocycles. The normalized spacial score (nSPS) is 12.9. The number of rotatable bonds is 13. The number of benzene rings is 22. The Bertz CT molecular complexity index is 8200. The summed E-state index contributed by atoms with van der Waals surface area (Å²) in [4.78, 5) is 9.91. The highest BCUT2D eigenvalue weighted by Crippen LogP contribution is 2.60. The number of para-hydroxylation sites is 4. The van der Waals surface area contributed by atoms with Gasteiger partial charge in [0.25, 0.3) is 0 Å². The third-order valence-corrected chi connectivity index (χ3v) is 29.0. The van der Waals surface area contributed by atoms with Crippen molar-refractivity contribution in [2.75, 3.05) is 19.6 Å². The average molecular weight is 1740 g/mol. The molecule has 4 heteroatoms. The first-order chi connectivity index (χ1) is 67.0. The van der Waals surface area contributed by atoms with E-state index in [1.165, 1.54) is 177 Å². The number of fused-ring (bicyclic) bond motifs is 15. The molecule has 0 unspecified atom stereocenters. The Balaban J connectivity index is 0.000000146. The first-order valence-electron chi connectivity index (χ1n) is 47.3. The van der Waals surface area contributed by atoms with Crippen LogP contribution in [0.1, 0.15) is 49.9 Å². The van der Waals surface area contributed by atoms with Crippen molar-refractivity contribution in [3.8, 4) is 122 Å². The van der Waals surface area contributed by atoms with Gasteiger partial charge in [0.2, 0.25) is 0 Å². The summed E-state index contributed by atoms with van der Waals surface area (Å²) in [5, 5.41) is 7.35. The molecule has 4 aliphatic rings. The van der Waals surface area contributed by atoms with Gasteiger partial charge in [-0.1, -0.05) is 404 Å². The zero-order valence-corrected chi connectivity index (χ0v) is 76.1. The lowest BCUT2D eigenvalue weighted by Crippen LogP contribution is -2.18. The predicted molar refractivity (Wildman–Crippen MR) is 575 cm³/mol. The molecular weight excluding hydrogens is 1640 g/mol. The molecule has 2 aliphatic carbocycles. The van der Waals surface area contributed by atoms with Crippen LogP contribution in [0.3, 0.4) is 0 Å². The first kappa shape index (κ1) is 80.9. The van der Waals surface area contributed by atoms with E-state index in [1.807, 2.05) is 0 Å². The van der Waals surface area contributed by atoms with Crippen LogP contribution >= 0.6 is 0 Å². The van der Waals surface area contributed by atoms with E-state index in [0.717, 1.165) is 68.2 Å². The third-order valence-electron chi connectivity index (χ3n) is 29.0. The van der Waals surface area contributed by atoms with Gasteiger partial charge in [0.05, 0.1) is 34.1 Å². The maximum atomic E-state index is 2.54. The summed E-state index contributed by atoms with van der Waals surface area (Å²) in [5.41, 5.74) is 45.4. The minimum Gasteiger partial charge on any atom is -0.310 e. The summed E-state index contributed by atoms with van der Waals surface area (Å²) in [6, 6.07) is 184. The van der Waals surface area contributed by atoms with E-state index in [-0.39, 0.29) is 10.8 Å². The van der Waals surface area contributed by atoms with Crippen LogP contribution < -0.4 is 19.6 Å². The molecule has 0 amide bonds.